The zero-order valence-corrected chi connectivity index (χ0v) is 11.9. The van der Waals surface area contributed by atoms with Crippen LogP contribution in [0.15, 0.2) is 0 Å². The number of hydrogen-bond acceptors (Lipinski definition) is 4. The third kappa shape index (κ3) is 4.92. The van der Waals surface area contributed by atoms with Crippen molar-refractivity contribution < 1.29 is 9.53 Å². The summed E-state index contributed by atoms with van der Waals surface area (Å²) in [5.74, 6) is 0.161. The number of hydrogen-bond donors (Lipinski definition) is 1. The summed E-state index contributed by atoms with van der Waals surface area (Å²) in [5, 5.41) is 3.09. The molecule has 0 saturated carbocycles. The molecule has 0 radical (unpaired) electrons. The van der Waals surface area contributed by atoms with E-state index in [0.717, 1.165) is 19.6 Å². The third-order valence-electron chi connectivity index (χ3n) is 3.57. The maximum atomic E-state index is 11.9. The summed E-state index contributed by atoms with van der Waals surface area (Å²) in [4.78, 5) is 16.2. The molecule has 1 unspecified atom stereocenters. The second-order valence-corrected chi connectivity index (χ2v) is 4.87. The minimum absolute atomic E-state index is 0.161. The molecule has 5 nitrogen and oxygen atoms in total. The molecule has 0 spiro atoms. The van der Waals surface area contributed by atoms with Gasteiger partial charge < -0.3 is 15.0 Å². The van der Waals surface area contributed by atoms with Crippen molar-refractivity contribution in [2.75, 3.05) is 53.5 Å². The van der Waals surface area contributed by atoms with E-state index in [1.807, 2.05) is 11.9 Å². The predicted octanol–water partition coefficient (Wildman–Crippen LogP) is 0.165. The average molecular weight is 257 g/mol. The molecule has 0 aromatic heterocycles. The highest BCUT2D eigenvalue weighted by Gasteiger charge is 2.25. The Morgan fingerprint density at radius 3 is 3.00 bits per heavy atom. The summed E-state index contributed by atoms with van der Waals surface area (Å²) in [7, 11) is 3.56. The third-order valence-corrected chi connectivity index (χ3v) is 3.57. The van der Waals surface area contributed by atoms with E-state index in [1.54, 1.807) is 7.11 Å². The number of likely N-dealkylation sites (N-methyl/N-ethyl adjacent to an activating group) is 2. The largest absolute Gasteiger partial charge is 0.383 e. The molecule has 0 aliphatic carbocycles. The normalized spacial score (nSPS) is 20.3. The van der Waals surface area contributed by atoms with E-state index in [1.165, 1.54) is 19.4 Å². The van der Waals surface area contributed by atoms with Crippen LogP contribution in [0.25, 0.3) is 0 Å². The minimum Gasteiger partial charge on any atom is -0.383 e. The van der Waals surface area contributed by atoms with E-state index in [0.29, 0.717) is 19.2 Å². The summed E-state index contributed by atoms with van der Waals surface area (Å²) in [5.41, 5.74) is 0. The van der Waals surface area contributed by atoms with Crippen LogP contribution in [0.2, 0.25) is 0 Å². The van der Waals surface area contributed by atoms with Crippen molar-refractivity contribution in [2.45, 2.75) is 25.8 Å². The first-order chi connectivity index (χ1) is 8.69. The molecule has 106 valence electrons. The van der Waals surface area contributed by atoms with Gasteiger partial charge in [0.15, 0.2) is 0 Å². The van der Waals surface area contributed by atoms with Crippen molar-refractivity contribution in [3.63, 3.8) is 0 Å². The lowest BCUT2D eigenvalue weighted by molar-refractivity contribution is -0.129. The molecular weight excluding hydrogens is 230 g/mol. The SMILES string of the molecule is CCN1CCCC1CN(C)C(=O)CNCCOC. The smallest absolute Gasteiger partial charge is 0.236 e. The van der Waals surface area contributed by atoms with Gasteiger partial charge in [0.1, 0.15) is 0 Å². The standard InChI is InChI=1S/C13H27N3O2/c1-4-16-8-5-6-12(16)11-15(2)13(17)10-14-7-9-18-3/h12,14H,4-11H2,1-3H3. The van der Waals surface area contributed by atoms with E-state index in [4.69, 9.17) is 4.74 Å². The number of amides is 1. The zero-order valence-electron chi connectivity index (χ0n) is 11.9. The number of ether oxygens (including phenoxy) is 1. The van der Waals surface area contributed by atoms with Gasteiger partial charge in [-0.15, -0.1) is 0 Å². The second-order valence-electron chi connectivity index (χ2n) is 4.87. The molecule has 18 heavy (non-hydrogen) atoms. The quantitative estimate of drug-likeness (QED) is 0.629. The molecule has 1 saturated heterocycles. The van der Waals surface area contributed by atoms with Crippen LogP contribution in [0.3, 0.4) is 0 Å². The van der Waals surface area contributed by atoms with E-state index >= 15 is 0 Å². The summed E-state index contributed by atoms with van der Waals surface area (Å²) in [6.45, 7) is 7.06. The summed E-state index contributed by atoms with van der Waals surface area (Å²) in [6.07, 6.45) is 2.47. The predicted molar refractivity (Wildman–Crippen MR) is 72.7 cm³/mol. The molecule has 0 aromatic rings. The highest BCUT2D eigenvalue weighted by atomic mass is 16.5. The molecule has 1 atom stereocenters. The fourth-order valence-corrected chi connectivity index (χ4v) is 2.44. The van der Waals surface area contributed by atoms with Gasteiger partial charge in [-0.25, -0.2) is 0 Å². The topological polar surface area (TPSA) is 44.8 Å². The van der Waals surface area contributed by atoms with E-state index in [9.17, 15) is 4.79 Å². The van der Waals surface area contributed by atoms with E-state index < -0.39 is 0 Å². The maximum Gasteiger partial charge on any atom is 0.236 e. The lowest BCUT2D eigenvalue weighted by Gasteiger charge is -2.27. The Labute approximate surface area is 110 Å². The van der Waals surface area contributed by atoms with Crippen molar-refractivity contribution >= 4 is 5.91 Å². The molecule has 0 bridgehead atoms. The summed E-state index contributed by atoms with van der Waals surface area (Å²) < 4.78 is 4.93. The van der Waals surface area contributed by atoms with Gasteiger partial charge in [-0.2, -0.15) is 0 Å². The van der Waals surface area contributed by atoms with Crippen molar-refractivity contribution in [2.24, 2.45) is 0 Å². The molecule has 1 amide bonds. The molecule has 1 heterocycles. The van der Waals surface area contributed by atoms with Gasteiger partial charge in [0.25, 0.3) is 0 Å². The Bertz CT molecular complexity index is 248. The van der Waals surface area contributed by atoms with Crippen LogP contribution >= 0.6 is 0 Å². The monoisotopic (exact) mass is 257 g/mol. The molecular formula is C13H27N3O2. The Kier molecular flexibility index (Phi) is 7.23. The fraction of sp³-hybridized carbons (Fsp3) is 0.923. The van der Waals surface area contributed by atoms with Gasteiger partial charge >= 0.3 is 0 Å². The Balaban J connectivity index is 2.22. The average Bonchev–Trinajstić information content (AvgIpc) is 2.81. The number of carbonyl (C=O) groups is 1. The van der Waals surface area contributed by atoms with Crippen LogP contribution in [-0.2, 0) is 9.53 Å². The van der Waals surface area contributed by atoms with Crippen molar-refractivity contribution in [3.05, 3.63) is 0 Å². The lowest BCUT2D eigenvalue weighted by Crippen LogP contribution is -2.44. The fourth-order valence-electron chi connectivity index (χ4n) is 2.44. The first-order valence-corrected chi connectivity index (χ1v) is 6.86. The van der Waals surface area contributed by atoms with Crippen LogP contribution < -0.4 is 5.32 Å². The van der Waals surface area contributed by atoms with Gasteiger partial charge in [-0.3, -0.25) is 9.69 Å². The Morgan fingerprint density at radius 1 is 1.56 bits per heavy atom. The maximum absolute atomic E-state index is 11.9. The molecule has 1 N–H and O–H groups in total. The number of nitrogens with zero attached hydrogens (tertiary/aromatic N) is 2. The van der Waals surface area contributed by atoms with Crippen LogP contribution in [0, 0.1) is 0 Å². The number of methoxy groups -OCH3 is 1. The highest BCUT2D eigenvalue weighted by Crippen LogP contribution is 2.17. The van der Waals surface area contributed by atoms with E-state index in [2.05, 4.69) is 17.1 Å². The molecule has 0 aromatic carbocycles. The van der Waals surface area contributed by atoms with Gasteiger partial charge in [0.2, 0.25) is 5.91 Å². The highest BCUT2D eigenvalue weighted by molar-refractivity contribution is 5.78. The van der Waals surface area contributed by atoms with Crippen molar-refractivity contribution in [1.29, 1.82) is 0 Å². The number of nitrogens with one attached hydrogen (secondary N) is 1. The van der Waals surface area contributed by atoms with E-state index in [-0.39, 0.29) is 5.91 Å². The lowest BCUT2D eigenvalue weighted by atomic mass is 10.2. The minimum atomic E-state index is 0.161. The van der Waals surface area contributed by atoms with Crippen LogP contribution in [0.5, 0.6) is 0 Å². The van der Waals surface area contributed by atoms with Crippen molar-refractivity contribution in [3.8, 4) is 0 Å². The Morgan fingerprint density at radius 2 is 2.33 bits per heavy atom. The first kappa shape index (κ1) is 15.4. The van der Waals surface area contributed by atoms with Crippen LogP contribution in [0.1, 0.15) is 19.8 Å². The van der Waals surface area contributed by atoms with Gasteiger partial charge in [0, 0.05) is 33.3 Å². The molecule has 1 rings (SSSR count). The molecule has 1 aliphatic heterocycles. The number of carbonyl (C=O) groups excluding carboxylic acids is 1. The van der Waals surface area contributed by atoms with Crippen LogP contribution in [0.4, 0.5) is 0 Å². The van der Waals surface area contributed by atoms with Crippen LogP contribution in [-0.4, -0.2) is 75.2 Å². The first-order valence-electron chi connectivity index (χ1n) is 6.86. The zero-order chi connectivity index (χ0) is 13.4. The van der Waals surface area contributed by atoms with Gasteiger partial charge in [0.05, 0.1) is 13.2 Å². The summed E-state index contributed by atoms with van der Waals surface area (Å²) >= 11 is 0. The number of likely N-dealkylation sites (tertiary alicyclic amines) is 1. The van der Waals surface area contributed by atoms with Gasteiger partial charge in [-0.05, 0) is 25.9 Å². The second kappa shape index (κ2) is 8.45. The molecule has 1 aliphatic rings. The van der Waals surface area contributed by atoms with Gasteiger partial charge in [-0.1, -0.05) is 6.92 Å². The molecule has 5 heteroatoms. The van der Waals surface area contributed by atoms with Crippen molar-refractivity contribution in [1.82, 2.24) is 15.1 Å². The Hall–Kier alpha value is -0.650. The summed E-state index contributed by atoms with van der Waals surface area (Å²) in [6, 6.07) is 0.544. The molecule has 1 fully saturated rings. The number of rotatable bonds is 8.